The maximum atomic E-state index is 12.3. The molecule has 1 saturated carbocycles. The zero-order valence-electron chi connectivity index (χ0n) is 12.6. The summed E-state index contributed by atoms with van der Waals surface area (Å²) in [4.78, 5) is 25.3. The summed E-state index contributed by atoms with van der Waals surface area (Å²) in [5.41, 5.74) is 1.25. The average Bonchev–Trinajstić information content (AvgIpc) is 2.81. The number of carboxylic acids is 1. The van der Waals surface area contributed by atoms with Crippen LogP contribution in [-0.4, -0.2) is 23.0 Å². The van der Waals surface area contributed by atoms with Crippen molar-refractivity contribution >= 4 is 23.2 Å². The standard InChI is InChI=1S/C16H23NO3S/c1-3-5-11-9-14(21-10(11)2)15(18)17-13-7-4-6-12(8-13)16(19)20/h9,12-13H,3-8H2,1-2H3,(H,17,18)(H,19,20). The minimum absolute atomic E-state index is 0.00983. The molecule has 2 unspecified atom stereocenters. The van der Waals surface area contributed by atoms with E-state index in [0.29, 0.717) is 6.42 Å². The van der Waals surface area contributed by atoms with Gasteiger partial charge in [-0.25, -0.2) is 0 Å². The normalized spacial score (nSPS) is 22.0. The first-order valence-corrected chi connectivity index (χ1v) is 8.45. The molecule has 1 aliphatic carbocycles. The summed E-state index contributed by atoms with van der Waals surface area (Å²) >= 11 is 1.53. The minimum Gasteiger partial charge on any atom is -0.481 e. The maximum absolute atomic E-state index is 12.3. The van der Waals surface area contributed by atoms with E-state index < -0.39 is 5.97 Å². The molecule has 0 aromatic carbocycles. The lowest BCUT2D eigenvalue weighted by molar-refractivity contribution is -0.143. The van der Waals surface area contributed by atoms with Crippen molar-refractivity contribution < 1.29 is 14.7 Å². The monoisotopic (exact) mass is 309 g/mol. The number of amides is 1. The first-order chi connectivity index (χ1) is 10.0. The summed E-state index contributed by atoms with van der Waals surface area (Å²) in [6.45, 7) is 4.18. The fourth-order valence-electron chi connectivity index (χ4n) is 2.95. The summed E-state index contributed by atoms with van der Waals surface area (Å²) in [7, 11) is 0. The third-order valence-corrected chi connectivity index (χ3v) is 5.21. The van der Waals surface area contributed by atoms with E-state index in [0.717, 1.165) is 37.0 Å². The topological polar surface area (TPSA) is 66.4 Å². The van der Waals surface area contributed by atoms with Crippen LogP contribution in [0.3, 0.4) is 0 Å². The number of aliphatic carboxylic acids is 1. The van der Waals surface area contributed by atoms with Crippen molar-refractivity contribution in [1.29, 1.82) is 0 Å². The van der Waals surface area contributed by atoms with E-state index in [4.69, 9.17) is 5.11 Å². The van der Waals surface area contributed by atoms with Gasteiger partial charge in [0.1, 0.15) is 0 Å². The Labute approximate surface area is 129 Å². The van der Waals surface area contributed by atoms with Crippen molar-refractivity contribution in [3.05, 3.63) is 21.4 Å². The van der Waals surface area contributed by atoms with Gasteiger partial charge in [0.2, 0.25) is 0 Å². The van der Waals surface area contributed by atoms with E-state index in [1.807, 2.05) is 13.0 Å². The summed E-state index contributed by atoms with van der Waals surface area (Å²) < 4.78 is 0. The van der Waals surface area contributed by atoms with Gasteiger partial charge in [0.25, 0.3) is 5.91 Å². The van der Waals surface area contributed by atoms with Gasteiger partial charge in [-0.2, -0.15) is 0 Å². The molecule has 0 bridgehead atoms. The Balaban J connectivity index is 1.97. The van der Waals surface area contributed by atoms with Crippen molar-refractivity contribution in [2.24, 2.45) is 5.92 Å². The fraction of sp³-hybridized carbons (Fsp3) is 0.625. The molecule has 1 aliphatic rings. The molecule has 21 heavy (non-hydrogen) atoms. The maximum Gasteiger partial charge on any atom is 0.306 e. The lowest BCUT2D eigenvalue weighted by atomic mass is 9.86. The molecular weight excluding hydrogens is 286 g/mol. The minimum atomic E-state index is -0.744. The van der Waals surface area contributed by atoms with Crippen LogP contribution in [0.2, 0.25) is 0 Å². The van der Waals surface area contributed by atoms with Crippen molar-refractivity contribution in [2.75, 3.05) is 0 Å². The molecule has 1 fully saturated rings. The van der Waals surface area contributed by atoms with Crippen LogP contribution in [0.25, 0.3) is 0 Å². The molecule has 2 N–H and O–H groups in total. The van der Waals surface area contributed by atoms with Gasteiger partial charge < -0.3 is 10.4 Å². The fourth-order valence-corrected chi connectivity index (χ4v) is 3.93. The summed E-state index contributed by atoms with van der Waals surface area (Å²) in [5, 5.41) is 12.1. The molecule has 2 atom stereocenters. The number of thiophene rings is 1. The molecule has 0 spiro atoms. The number of carboxylic acid groups (broad SMARTS) is 1. The Bertz CT molecular complexity index is 524. The predicted molar refractivity (Wildman–Crippen MR) is 83.9 cm³/mol. The summed E-state index contributed by atoms with van der Waals surface area (Å²) in [6, 6.07) is 1.97. The van der Waals surface area contributed by atoms with Gasteiger partial charge in [0, 0.05) is 10.9 Å². The highest BCUT2D eigenvalue weighted by Crippen LogP contribution is 2.26. The highest BCUT2D eigenvalue weighted by molar-refractivity contribution is 7.14. The van der Waals surface area contributed by atoms with Gasteiger partial charge in [-0.1, -0.05) is 19.8 Å². The van der Waals surface area contributed by atoms with Crippen LogP contribution in [-0.2, 0) is 11.2 Å². The number of nitrogens with one attached hydrogen (secondary N) is 1. The van der Waals surface area contributed by atoms with E-state index in [2.05, 4.69) is 12.2 Å². The number of carbonyl (C=O) groups excluding carboxylic acids is 1. The van der Waals surface area contributed by atoms with Gasteiger partial charge in [0.05, 0.1) is 10.8 Å². The van der Waals surface area contributed by atoms with Gasteiger partial charge >= 0.3 is 5.97 Å². The van der Waals surface area contributed by atoms with Crippen molar-refractivity contribution in [3.8, 4) is 0 Å². The third kappa shape index (κ3) is 4.06. The van der Waals surface area contributed by atoms with Crippen LogP contribution in [0.4, 0.5) is 0 Å². The predicted octanol–water partition coefficient (Wildman–Crippen LogP) is 3.38. The number of hydrogen-bond donors (Lipinski definition) is 2. The quantitative estimate of drug-likeness (QED) is 0.876. The zero-order chi connectivity index (χ0) is 15.4. The number of hydrogen-bond acceptors (Lipinski definition) is 3. The highest BCUT2D eigenvalue weighted by Gasteiger charge is 2.28. The van der Waals surface area contributed by atoms with E-state index >= 15 is 0 Å². The molecule has 1 amide bonds. The molecule has 0 radical (unpaired) electrons. The van der Waals surface area contributed by atoms with Crippen molar-refractivity contribution in [1.82, 2.24) is 5.32 Å². The third-order valence-electron chi connectivity index (χ3n) is 4.12. The highest BCUT2D eigenvalue weighted by atomic mass is 32.1. The Hall–Kier alpha value is -1.36. The Morgan fingerprint density at radius 2 is 2.19 bits per heavy atom. The molecular formula is C16H23NO3S. The van der Waals surface area contributed by atoms with Gasteiger partial charge in [-0.05, 0) is 44.2 Å². The van der Waals surface area contributed by atoms with Crippen LogP contribution in [0.5, 0.6) is 0 Å². The Morgan fingerprint density at radius 1 is 1.43 bits per heavy atom. The first kappa shape index (κ1) is 16.0. The van der Waals surface area contributed by atoms with Crippen LogP contribution >= 0.6 is 11.3 Å². The van der Waals surface area contributed by atoms with Gasteiger partial charge in [-0.3, -0.25) is 9.59 Å². The Kier molecular flexibility index (Phi) is 5.39. The molecule has 1 heterocycles. The second-order valence-electron chi connectivity index (χ2n) is 5.81. The van der Waals surface area contributed by atoms with Crippen LogP contribution in [0, 0.1) is 12.8 Å². The van der Waals surface area contributed by atoms with Crippen LogP contribution in [0.1, 0.15) is 59.1 Å². The average molecular weight is 309 g/mol. The molecule has 5 heteroatoms. The molecule has 4 nitrogen and oxygen atoms in total. The van der Waals surface area contributed by atoms with Crippen molar-refractivity contribution in [3.63, 3.8) is 0 Å². The largest absolute Gasteiger partial charge is 0.481 e. The van der Waals surface area contributed by atoms with Crippen LogP contribution < -0.4 is 5.32 Å². The van der Waals surface area contributed by atoms with Gasteiger partial charge in [0.15, 0.2) is 0 Å². The molecule has 116 valence electrons. The van der Waals surface area contributed by atoms with Gasteiger partial charge in [-0.15, -0.1) is 11.3 Å². The zero-order valence-corrected chi connectivity index (χ0v) is 13.5. The second-order valence-corrected chi connectivity index (χ2v) is 7.07. The molecule has 1 aromatic rings. The molecule has 0 saturated heterocycles. The lowest BCUT2D eigenvalue weighted by Crippen LogP contribution is -2.39. The molecule has 2 rings (SSSR count). The number of aryl methyl sites for hydroxylation is 2. The molecule has 0 aliphatic heterocycles. The summed E-state index contributed by atoms with van der Waals surface area (Å²) in [5.74, 6) is -1.11. The molecule has 1 aromatic heterocycles. The summed E-state index contributed by atoms with van der Waals surface area (Å²) in [6.07, 6.45) is 5.09. The lowest BCUT2D eigenvalue weighted by Gasteiger charge is -2.27. The van der Waals surface area contributed by atoms with E-state index in [1.54, 1.807) is 0 Å². The van der Waals surface area contributed by atoms with Crippen LogP contribution in [0.15, 0.2) is 6.07 Å². The first-order valence-electron chi connectivity index (χ1n) is 7.64. The Morgan fingerprint density at radius 3 is 2.86 bits per heavy atom. The number of rotatable bonds is 5. The SMILES string of the molecule is CCCc1cc(C(=O)NC2CCCC(C(=O)O)C2)sc1C. The van der Waals surface area contributed by atoms with Crippen molar-refractivity contribution in [2.45, 2.75) is 58.4 Å². The van der Waals surface area contributed by atoms with E-state index in [1.165, 1.54) is 21.8 Å². The van der Waals surface area contributed by atoms with E-state index in [-0.39, 0.29) is 17.9 Å². The second kappa shape index (κ2) is 7.07. The number of carbonyl (C=O) groups is 2. The smallest absolute Gasteiger partial charge is 0.306 e. The van der Waals surface area contributed by atoms with E-state index in [9.17, 15) is 9.59 Å².